The van der Waals surface area contributed by atoms with Crippen LogP contribution in [0.1, 0.15) is 22.7 Å². The van der Waals surface area contributed by atoms with Crippen LogP contribution in [0.4, 0.5) is 5.69 Å². The molecule has 8 heteroatoms. The third-order valence-electron chi connectivity index (χ3n) is 4.70. The van der Waals surface area contributed by atoms with Gasteiger partial charge in [0, 0.05) is 16.3 Å². The molecule has 3 rings (SSSR count). The Balaban J connectivity index is 1.76. The van der Waals surface area contributed by atoms with Crippen LogP contribution in [-0.4, -0.2) is 26.3 Å². The van der Waals surface area contributed by atoms with Crippen molar-refractivity contribution < 1.29 is 19.0 Å². The topological polar surface area (TPSA) is 80.6 Å². The summed E-state index contributed by atoms with van der Waals surface area (Å²) in [7, 11) is 1.32. The first-order valence-corrected chi connectivity index (χ1v) is 11.6. The summed E-state index contributed by atoms with van der Waals surface area (Å²) in [5.74, 6) is 0.0301. The van der Waals surface area contributed by atoms with Crippen LogP contribution in [0.25, 0.3) is 0 Å². The van der Waals surface area contributed by atoms with E-state index in [9.17, 15) is 4.79 Å². The van der Waals surface area contributed by atoms with Crippen molar-refractivity contribution in [2.75, 3.05) is 25.6 Å². The summed E-state index contributed by atoms with van der Waals surface area (Å²) in [6.45, 7) is 1.15. The lowest BCUT2D eigenvalue weighted by Gasteiger charge is -2.22. The SMILES string of the molecule is COC(=O)C(Nc1ccc(C#N)cc1)c1cc(Cl)cc(I)c1OCCOCc1ccccc1. The zero-order valence-corrected chi connectivity index (χ0v) is 20.8. The van der Waals surface area contributed by atoms with E-state index in [2.05, 4.69) is 34.0 Å². The number of carbonyl (C=O) groups excluding carboxylic acids is 1. The molecule has 0 aromatic heterocycles. The number of halogens is 2. The van der Waals surface area contributed by atoms with Gasteiger partial charge >= 0.3 is 5.97 Å². The van der Waals surface area contributed by atoms with Gasteiger partial charge in [-0.15, -0.1) is 0 Å². The zero-order chi connectivity index (χ0) is 23.6. The minimum atomic E-state index is -0.865. The average Bonchev–Trinajstić information content (AvgIpc) is 2.83. The van der Waals surface area contributed by atoms with Crippen molar-refractivity contribution in [3.63, 3.8) is 0 Å². The molecule has 33 heavy (non-hydrogen) atoms. The number of anilines is 1. The maximum atomic E-state index is 12.7. The number of rotatable bonds is 10. The number of nitrogens with zero attached hydrogens (tertiary/aromatic N) is 1. The van der Waals surface area contributed by atoms with Crippen LogP contribution in [0.5, 0.6) is 5.75 Å². The summed E-state index contributed by atoms with van der Waals surface area (Å²) in [5, 5.41) is 12.6. The average molecular weight is 577 g/mol. The van der Waals surface area contributed by atoms with Crippen LogP contribution >= 0.6 is 34.2 Å². The maximum absolute atomic E-state index is 12.7. The van der Waals surface area contributed by atoms with Crippen molar-refractivity contribution in [2.45, 2.75) is 12.6 Å². The first kappa shape index (κ1) is 24.8. The van der Waals surface area contributed by atoms with Crippen molar-refractivity contribution in [1.82, 2.24) is 0 Å². The zero-order valence-electron chi connectivity index (χ0n) is 17.9. The molecule has 1 N–H and O–H groups in total. The first-order valence-electron chi connectivity index (χ1n) is 10.1. The van der Waals surface area contributed by atoms with Crippen molar-refractivity contribution in [3.8, 4) is 11.8 Å². The lowest BCUT2D eigenvalue weighted by atomic mass is 10.0. The van der Waals surface area contributed by atoms with E-state index in [1.807, 2.05) is 30.3 Å². The fraction of sp³-hybridized carbons (Fsp3) is 0.200. The fourth-order valence-electron chi connectivity index (χ4n) is 3.10. The van der Waals surface area contributed by atoms with Gasteiger partial charge in [0.05, 0.1) is 35.5 Å². The molecule has 0 fully saturated rings. The van der Waals surface area contributed by atoms with Gasteiger partial charge in [-0.1, -0.05) is 41.9 Å². The van der Waals surface area contributed by atoms with Crippen molar-refractivity contribution in [2.24, 2.45) is 0 Å². The van der Waals surface area contributed by atoms with Gasteiger partial charge in [0.15, 0.2) is 6.04 Å². The molecule has 0 heterocycles. The van der Waals surface area contributed by atoms with E-state index in [1.165, 1.54) is 7.11 Å². The Kier molecular flexibility index (Phi) is 9.36. The summed E-state index contributed by atoms with van der Waals surface area (Å²) in [6.07, 6.45) is 0. The lowest BCUT2D eigenvalue weighted by molar-refractivity contribution is -0.141. The Hall–Kier alpha value is -2.80. The molecule has 0 aliphatic carbocycles. The third kappa shape index (κ3) is 7.09. The van der Waals surface area contributed by atoms with Crippen molar-refractivity contribution in [1.29, 1.82) is 5.26 Å². The second-order valence-corrected chi connectivity index (χ2v) is 8.58. The number of nitrogens with one attached hydrogen (secondary N) is 1. The van der Waals surface area contributed by atoms with Gasteiger partial charge in [-0.05, 0) is 64.6 Å². The summed E-state index contributed by atoms with van der Waals surface area (Å²) in [6, 6.07) is 21.3. The Labute approximate surface area is 211 Å². The number of esters is 1. The quantitative estimate of drug-likeness (QED) is 0.188. The number of nitriles is 1. The van der Waals surface area contributed by atoms with Gasteiger partial charge in [0.1, 0.15) is 12.4 Å². The first-order chi connectivity index (χ1) is 16.0. The second-order valence-electron chi connectivity index (χ2n) is 6.98. The highest BCUT2D eigenvalue weighted by Gasteiger charge is 2.27. The van der Waals surface area contributed by atoms with E-state index in [0.29, 0.717) is 47.4 Å². The van der Waals surface area contributed by atoms with Gasteiger partial charge < -0.3 is 19.5 Å². The number of hydrogen-bond donors (Lipinski definition) is 1. The number of methoxy groups -OCH3 is 1. The van der Waals surface area contributed by atoms with Gasteiger partial charge in [-0.2, -0.15) is 5.26 Å². The molecule has 0 aliphatic rings. The predicted octanol–water partition coefficient (Wildman–Crippen LogP) is 5.74. The Bertz CT molecular complexity index is 1120. The Morgan fingerprint density at radius 2 is 1.85 bits per heavy atom. The van der Waals surface area contributed by atoms with E-state index >= 15 is 0 Å². The van der Waals surface area contributed by atoms with Crippen LogP contribution in [0.15, 0.2) is 66.7 Å². The van der Waals surface area contributed by atoms with Crippen LogP contribution in [0, 0.1) is 14.9 Å². The summed E-state index contributed by atoms with van der Waals surface area (Å²) in [5.41, 5.74) is 2.80. The van der Waals surface area contributed by atoms with E-state index < -0.39 is 12.0 Å². The highest BCUT2D eigenvalue weighted by Crippen LogP contribution is 2.36. The highest BCUT2D eigenvalue weighted by molar-refractivity contribution is 14.1. The third-order valence-corrected chi connectivity index (χ3v) is 5.72. The predicted molar refractivity (Wildman–Crippen MR) is 135 cm³/mol. The van der Waals surface area contributed by atoms with E-state index in [1.54, 1.807) is 36.4 Å². The van der Waals surface area contributed by atoms with Crippen LogP contribution < -0.4 is 10.1 Å². The van der Waals surface area contributed by atoms with Gasteiger partial charge in [-0.25, -0.2) is 4.79 Å². The van der Waals surface area contributed by atoms with Crippen LogP contribution in [0.2, 0.25) is 5.02 Å². The molecule has 0 amide bonds. The molecule has 0 bridgehead atoms. The van der Waals surface area contributed by atoms with Crippen molar-refractivity contribution in [3.05, 3.63) is 92.0 Å². The number of hydrogen-bond acceptors (Lipinski definition) is 6. The Morgan fingerprint density at radius 1 is 1.12 bits per heavy atom. The smallest absolute Gasteiger partial charge is 0.333 e. The monoisotopic (exact) mass is 576 g/mol. The van der Waals surface area contributed by atoms with Crippen LogP contribution in [-0.2, 0) is 20.9 Å². The fourth-order valence-corrected chi connectivity index (χ4v) is 4.32. The van der Waals surface area contributed by atoms with E-state index in [0.717, 1.165) is 9.13 Å². The minimum absolute atomic E-state index is 0.294. The summed E-state index contributed by atoms with van der Waals surface area (Å²) in [4.78, 5) is 12.7. The molecule has 0 radical (unpaired) electrons. The number of ether oxygens (including phenoxy) is 3. The summed E-state index contributed by atoms with van der Waals surface area (Å²) < 4.78 is 17.5. The molecule has 1 atom stereocenters. The molecule has 3 aromatic rings. The molecule has 0 spiro atoms. The van der Waals surface area contributed by atoms with E-state index in [-0.39, 0.29) is 0 Å². The maximum Gasteiger partial charge on any atom is 0.333 e. The minimum Gasteiger partial charge on any atom is -0.490 e. The molecule has 3 aromatic carbocycles. The highest BCUT2D eigenvalue weighted by atomic mass is 127. The van der Waals surface area contributed by atoms with Gasteiger partial charge in [0.25, 0.3) is 0 Å². The van der Waals surface area contributed by atoms with Crippen LogP contribution in [0.3, 0.4) is 0 Å². The largest absolute Gasteiger partial charge is 0.490 e. The second kappa shape index (κ2) is 12.4. The lowest BCUT2D eigenvalue weighted by Crippen LogP contribution is -2.24. The molecular formula is C25H22ClIN2O4. The molecule has 6 nitrogen and oxygen atoms in total. The molecule has 1 unspecified atom stereocenters. The van der Waals surface area contributed by atoms with Gasteiger partial charge in [0.2, 0.25) is 0 Å². The van der Waals surface area contributed by atoms with Crippen molar-refractivity contribution >= 4 is 45.8 Å². The molecule has 0 saturated carbocycles. The standard InChI is InChI=1S/C25H22ClIN2O4/c1-31-25(30)23(29-20-9-7-17(15-28)8-10-20)21-13-19(26)14-22(27)24(21)33-12-11-32-16-18-5-3-2-4-6-18/h2-10,13-14,23,29H,11-12,16H2,1H3. The molecule has 0 aliphatic heterocycles. The normalized spacial score (nSPS) is 11.3. The molecule has 170 valence electrons. The molecule has 0 saturated heterocycles. The van der Waals surface area contributed by atoms with E-state index in [4.69, 9.17) is 31.1 Å². The van der Waals surface area contributed by atoms with Gasteiger partial charge in [-0.3, -0.25) is 0 Å². The number of benzene rings is 3. The number of carbonyl (C=O) groups is 1. The molecular weight excluding hydrogens is 555 g/mol. The summed E-state index contributed by atoms with van der Waals surface area (Å²) >= 11 is 8.43. The Morgan fingerprint density at radius 3 is 2.52 bits per heavy atom.